The Labute approximate surface area is 89.7 Å². The second kappa shape index (κ2) is 5.39. The van der Waals surface area contributed by atoms with Crippen molar-refractivity contribution >= 4 is 5.97 Å². The summed E-state index contributed by atoms with van der Waals surface area (Å²) in [5, 5.41) is 8.97. The van der Waals surface area contributed by atoms with Gasteiger partial charge in [0.1, 0.15) is 11.3 Å². The standard InChI is InChI=1S/C12H16O3/c1-3-4-6-9-7-5-8-10(12(13)14)11(9)15-2/h5,7-8H,3-4,6H2,1-2H3,(H,13,14). The van der Waals surface area contributed by atoms with Crippen LogP contribution in [-0.2, 0) is 6.42 Å². The summed E-state index contributed by atoms with van der Waals surface area (Å²) in [6.45, 7) is 2.10. The summed E-state index contributed by atoms with van der Waals surface area (Å²) >= 11 is 0. The van der Waals surface area contributed by atoms with E-state index in [0.717, 1.165) is 24.8 Å². The lowest BCUT2D eigenvalue weighted by molar-refractivity contribution is 0.0693. The third-order valence-corrected chi connectivity index (χ3v) is 2.33. The van der Waals surface area contributed by atoms with E-state index in [0.29, 0.717) is 5.75 Å². The van der Waals surface area contributed by atoms with Crippen molar-refractivity contribution in [1.82, 2.24) is 0 Å². The molecule has 0 heterocycles. The molecule has 0 aromatic heterocycles. The summed E-state index contributed by atoms with van der Waals surface area (Å²) in [4.78, 5) is 10.9. The van der Waals surface area contributed by atoms with Crippen molar-refractivity contribution in [3.8, 4) is 5.75 Å². The highest BCUT2D eigenvalue weighted by atomic mass is 16.5. The van der Waals surface area contributed by atoms with Gasteiger partial charge in [0, 0.05) is 0 Å². The molecule has 3 nitrogen and oxygen atoms in total. The topological polar surface area (TPSA) is 46.5 Å². The molecule has 1 N–H and O–H groups in total. The van der Waals surface area contributed by atoms with Crippen LogP contribution >= 0.6 is 0 Å². The fourth-order valence-corrected chi connectivity index (χ4v) is 1.56. The molecule has 0 aliphatic rings. The van der Waals surface area contributed by atoms with Gasteiger partial charge in [-0.2, -0.15) is 0 Å². The molecule has 1 rings (SSSR count). The zero-order valence-corrected chi connectivity index (χ0v) is 9.12. The molecule has 0 unspecified atom stereocenters. The smallest absolute Gasteiger partial charge is 0.339 e. The van der Waals surface area contributed by atoms with E-state index in [4.69, 9.17) is 9.84 Å². The van der Waals surface area contributed by atoms with Gasteiger partial charge < -0.3 is 9.84 Å². The number of ether oxygens (including phenoxy) is 1. The summed E-state index contributed by atoms with van der Waals surface area (Å²) in [5.74, 6) is -0.441. The fourth-order valence-electron chi connectivity index (χ4n) is 1.56. The predicted octanol–water partition coefficient (Wildman–Crippen LogP) is 2.74. The molecule has 82 valence electrons. The number of carbonyl (C=O) groups is 1. The van der Waals surface area contributed by atoms with E-state index in [1.165, 1.54) is 7.11 Å². The maximum absolute atomic E-state index is 10.9. The van der Waals surface area contributed by atoms with Gasteiger partial charge >= 0.3 is 5.97 Å². The summed E-state index contributed by atoms with van der Waals surface area (Å²) in [6.07, 6.45) is 2.99. The van der Waals surface area contributed by atoms with Crippen molar-refractivity contribution in [3.63, 3.8) is 0 Å². The van der Waals surface area contributed by atoms with E-state index < -0.39 is 5.97 Å². The van der Waals surface area contributed by atoms with E-state index in [9.17, 15) is 4.79 Å². The Balaban J connectivity index is 3.04. The van der Waals surface area contributed by atoms with Crippen LogP contribution in [0.5, 0.6) is 5.75 Å². The molecule has 1 aromatic carbocycles. The maximum atomic E-state index is 10.9. The second-order valence-corrected chi connectivity index (χ2v) is 3.41. The number of rotatable bonds is 5. The molecule has 0 saturated heterocycles. The van der Waals surface area contributed by atoms with Gasteiger partial charge in [0.15, 0.2) is 0 Å². The third kappa shape index (κ3) is 2.72. The van der Waals surface area contributed by atoms with E-state index in [1.54, 1.807) is 12.1 Å². The normalized spacial score (nSPS) is 10.0. The number of benzene rings is 1. The van der Waals surface area contributed by atoms with Crippen LogP contribution in [0.3, 0.4) is 0 Å². The van der Waals surface area contributed by atoms with Crippen LogP contribution in [0, 0.1) is 0 Å². The Morgan fingerprint density at radius 1 is 1.47 bits per heavy atom. The van der Waals surface area contributed by atoms with Crippen LogP contribution in [0.25, 0.3) is 0 Å². The molecular weight excluding hydrogens is 192 g/mol. The molecule has 0 bridgehead atoms. The van der Waals surface area contributed by atoms with Gasteiger partial charge in [0.05, 0.1) is 7.11 Å². The quantitative estimate of drug-likeness (QED) is 0.809. The van der Waals surface area contributed by atoms with Gasteiger partial charge in [0.2, 0.25) is 0 Å². The highest BCUT2D eigenvalue weighted by molar-refractivity contribution is 5.91. The summed E-state index contributed by atoms with van der Waals surface area (Å²) in [5.41, 5.74) is 1.21. The van der Waals surface area contributed by atoms with Crippen molar-refractivity contribution in [2.75, 3.05) is 7.11 Å². The average Bonchev–Trinajstić information content (AvgIpc) is 2.25. The average molecular weight is 208 g/mol. The molecule has 0 saturated carbocycles. The molecule has 3 heteroatoms. The Morgan fingerprint density at radius 2 is 2.20 bits per heavy atom. The van der Waals surface area contributed by atoms with Crippen LogP contribution in [-0.4, -0.2) is 18.2 Å². The van der Waals surface area contributed by atoms with Gasteiger partial charge in [-0.05, 0) is 24.5 Å². The fraction of sp³-hybridized carbons (Fsp3) is 0.417. The SMILES string of the molecule is CCCCc1cccc(C(=O)O)c1OC. The minimum absolute atomic E-state index is 0.242. The van der Waals surface area contributed by atoms with Crippen molar-refractivity contribution in [1.29, 1.82) is 0 Å². The zero-order valence-electron chi connectivity index (χ0n) is 9.12. The maximum Gasteiger partial charge on any atom is 0.339 e. The van der Waals surface area contributed by atoms with Crippen LogP contribution < -0.4 is 4.74 Å². The number of methoxy groups -OCH3 is 1. The van der Waals surface area contributed by atoms with E-state index >= 15 is 0 Å². The molecule has 0 aliphatic carbocycles. The molecule has 0 spiro atoms. The first-order valence-electron chi connectivity index (χ1n) is 5.09. The van der Waals surface area contributed by atoms with E-state index in [1.807, 2.05) is 6.07 Å². The van der Waals surface area contributed by atoms with Gasteiger partial charge in [0.25, 0.3) is 0 Å². The first-order chi connectivity index (χ1) is 7.20. The van der Waals surface area contributed by atoms with Crippen LogP contribution in [0.1, 0.15) is 35.7 Å². The number of hydrogen-bond donors (Lipinski definition) is 1. The largest absolute Gasteiger partial charge is 0.496 e. The molecule has 0 aliphatic heterocycles. The van der Waals surface area contributed by atoms with Crippen LogP contribution in [0.4, 0.5) is 0 Å². The van der Waals surface area contributed by atoms with Gasteiger partial charge in [-0.3, -0.25) is 0 Å². The molecule has 0 atom stereocenters. The highest BCUT2D eigenvalue weighted by Crippen LogP contribution is 2.25. The van der Waals surface area contributed by atoms with E-state index in [2.05, 4.69) is 6.92 Å². The van der Waals surface area contributed by atoms with Crippen LogP contribution in [0.15, 0.2) is 18.2 Å². The number of carboxylic acid groups (broad SMARTS) is 1. The number of aryl methyl sites for hydroxylation is 1. The first-order valence-corrected chi connectivity index (χ1v) is 5.09. The Hall–Kier alpha value is -1.51. The molecule has 0 radical (unpaired) electrons. The van der Waals surface area contributed by atoms with Gasteiger partial charge in [-0.15, -0.1) is 0 Å². The third-order valence-electron chi connectivity index (χ3n) is 2.33. The monoisotopic (exact) mass is 208 g/mol. The van der Waals surface area contributed by atoms with E-state index in [-0.39, 0.29) is 5.56 Å². The molecule has 15 heavy (non-hydrogen) atoms. The Morgan fingerprint density at radius 3 is 2.73 bits per heavy atom. The Kier molecular flexibility index (Phi) is 4.16. The number of carboxylic acids is 1. The van der Waals surface area contributed by atoms with Crippen molar-refractivity contribution in [2.45, 2.75) is 26.2 Å². The molecule has 0 amide bonds. The number of aromatic carboxylic acids is 1. The second-order valence-electron chi connectivity index (χ2n) is 3.41. The van der Waals surface area contributed by atoms with Gasteiger partial charge in [-0.1, -0.05) is 25.5 Å². The predicted molar refractivity (Wildman–Crippen MR) is 58.6 cm³/mol. The lowest BCUT2D eigenvalue weighted by Crippen LogP contribution is -2.03. The molecule has 0 fully saturated rings. The minimum atomic E-state index is -0.940. The van der Waals surface area contributed by atoms with Crippen LogP contribution in [0.2, 0.25) is 0 Å². The summed E-state index contributed by atoms with van der Waals surface area (Å²) in [7, 11) is 1.51. The lowest BCUT2D eigenvalue weighted by Gasteiger charge is -2.10. The zero-order chi connectivity index (χ0) is 11.3. The number of unbranched alkanes of at least 4 members (excludes halogenated alkanes) is 1. The van der Waals surface area contributed by atoms with Crippen molar-refractivity contribution in [3.05, 3.63) is 29.3 Å². The molecule has 1 aromatic rings. The number of para-hydroxylation sites is 1. The summed E-state index contributed by atoms with van der Waals surface area (Å²) in [6, 6.07) is 5.24. The van der Waals surface area contributed by atoms with Gasteiger partial charge in [-0.25, -0.2) is 4.79 Å². The molecular formula is C12H16O3. The minimum Gasteiger partial charge on any atom is -0.496 e. The number of hydrogen-bond acceptors (Lipinski definition) is 2. The lowest BCUT2D eigenvalue weighted by atomic mass is 10.0. The Bertz CT molecular complexity index is 345. The van der Waals surface area contributed by atoms with Crippen molar-refractivity contribution in [2.24, 2.45) is 0 Å². The summed E-state index contributed by atoms with van der Waals surface area (Å²) < 4.78 is 5.15. The first kappa shape index (κ1) is 11.6. The van der Waals surface area contributed by atoms with Crippen molar-refractivity contribution < 1.29 is 14.6 Å². The highest BCUT2D eigenvalue weighted by Gasteiger charge is 2.13.